The summed E-state index contributed by atoms with van der Waals surface area (Å²) in [6.45, 7) is 8.66. The second-order valence-electron chi connectivity index (χ2n) is 5.53. The summed E-state index contributed by atoms with van der Waals surface area (Å²) in [5.74, 6) is 1.13. The Labute approximate surface area is 142 Å². The maximum atomic E-state index is 11.8. The van der Waals surface area contributed by atoms with Crippen molar-refractivity contribution in [2.45, 2.75) is 27.2 Å². The molecule has 130 valence electrons. The van der Waals surface area contributed by atoms with Gasteiger partial charge in [-0.05, 0) is 32.4 Å². The number of carbonyl (C=O) groups excluding carboxylic acids is 1. The second-order valence-corrected chi connectivity index (χ2v) is 5.53. The van der Waals surface area contributed by atoms with Crippen molar-refractivity contribution in [3.8, 4) is 0 Å². The first kappa shape index (κ1) is 17.8. The average Bonchev–Trinajstić information content (AvgIpc) is 2.98. The zero-order valence-corrected chi connectivity index (χ0v) is 14.5. The fourth-order valence-electron chi connectivity index (χ4n) is 2.46. The van der Waals surface area contributed by atoms with Crippen LogP contribution >= 0.6 is 0 Å². The Hall–Kier alpha value is -2.57. The van der Waals surface area contributed by atoms with E-state index >= 15 is 0 Å². The van der Waals surface area contributed by atoms with Gasteiger partial charge in [0.25, 0.3) is 0 Å². The largest absolute Gasteiger partial charge is 0.370 e. The number of hydrogen-bond donors (Lipinski definition) is 2. The van der Waals surface area contributed by atoms with E-state index in [-0.39, 0.29) is 6.03 Å². The highest BCUT2D eigenvalue weighted by molar-refractivity contribution is 5.73. The van der Waals surface area contributed by atoms with Gasteiger partial charge in [-0.1, -0.05) is 23.4 Å². The van der Waals surface area contributed by atoms with Crippen molar-refractivity contribution in [3.63, 3.8) is 0 Å². The normalized spacial score (nSPS) is 10.5. The highest BCUT2D eigenvalue weighted by atomic mass is 16.5. The molecule has 7 heteroatoms. The molecule has 0 saturated carbocycles. The summed E-state index contributed by atoms with van der Waals surface area (Å²) < 4.78 is 4.99. The van der Waals surface area contributed by atoms with Crippen LogP contribution in [0.5, 0.6) is 0 Å². The van der Waals surface area contributed by atoms with Gasteiger partial charge in [0.15, 0.2) is 5.82 Å². The Bertz CT molecular complexity index is 656. The third kappa shape index (κ3) is 5.26. The van der Waals surface area contributed by atoms with Crippen molar-refractivity contribution in [3.05, 3.63) is 41.5 Å². The minimum Gasteiger partial charge on any atom is -0.370 e. The Balaban J connectivity index is 1.68. The lowest BCUT2D eigenvalue weighted by molar-refractivity contribution is 0.241. The quantitative estimate of drug-likeness (QED) is 0.773. The van der Waals surface area contributed by atoms with E-state index in [1.165, 1.54) is 11.3 Å². The van der Waals surface area contributed by atoms with Crippen molar-refractivity contribution in [2.24, 2.45) is 0 Å². The standard InChI is InChI=1S/C17H25N5O2/c1-4-22(15-8-6-5-7-13(15)2)12-11-19-17(23)18-10-9-16-20-14(3)21-24-16/h5-8H,4,9-12H2,1-3H3,(H2,18,19,23). The van der Waals surface area contributed by atoms with Crippen LogP contribution in [0.3, 0.4) is 0 Å². The van der Waals surface area contributed by atoms with Crippen LogP contribution in [-0.2, 0) is 6.42 Å². The van der Waals surface area contributed by atoms with E-state index in [2.05, 4.69) is 51.7 Å². The summed E-state index contributed by atoms with van der Waals surface area (Å²) in [5.41, 5.74) is 2.44. The Morgan fingerprint density at radius 3 is 2.62 bits per heavy atom. The molecule has 1 aromatic heterocycles. The molecule has 7 nitrogen and oxygen atoms in total. The second kappa shape index (κ2) is 8.90. The number of aryl methyl sites for hydroxylation is 2. The van der Waals surface area contributed by atoms with Crippen LogP contribution in [0.4, 0.5) is 10.5 Å². The lowest BCUT2D eigenvalue weighted by atomic mass is 10.2. The number of carbonyl (C=O) groups is 1. The van der Waals surface area contributed by atoms with Gasteiger partial charge in [0.05, 0.1) is 0 Å². The molecule has 0 fully saturated rings. The van der Waals surface area contributed by atoms with Crippen molar-refractivity contribution in [2.75, 3.05) is 31.1 Å². The van der Waals surface area contributed by atoms with Crippen LogP contribution in [0.1, 0.15) is 24.2 Å². The van der Waals surface area contributed by atoms with Gasteiger partial charge in [0.1, 0.15) is 0 Å². The number of para-hydroxylation sites is 1. The molecular formula is C17H25N5O2. The van der Waals surface area contributed by atoms with Gasteiger partial charge in [0.2, 0.25) is 5.89 Å². The van der Waals surface area contributed by atoms with Crippen LogP contribution in [-0.4, -0.2) is 42.4 Å². The first-order valence-electron chi connectivity index (χ1n) is 8.21. The van der Waals surface area contributed by atoms with E-state index in [9.17, 15) is 4.79 Å². The van der Waals surface area contributed by atoms with Crippen molar-refractivity contribution < 1.29 is 9.32 Å². The molecule has 24 heavy (non-hydrogen) atoms. The third-order valence-electron chi connectivity index (χ3n) is 3.70. The van der Waals surface area contributed by atoms with E-state index in [1.54, 1.807) is 6.92 Å². The summed E-state index contributed by atoms with van der Waals surface area (Å²) in [6.07, 6.45) is 0.526. The van der Waals surface area contributed by atoms with Crippen molar-refractivity contribution in [1.82, 2.24) is 20.8 Å². The fourth-order valence-corrected chi connectivity index (χ4v) is 2.46. The van der Waals surface area contributed by atoms with E-state index in [0.29, 0.717) is 31.2 Å². The first-order valence-corrected chi connectivity index (χ1v) is 8.21. The SMILES string of the molecule is CCN(CCNC(=O)NCCc1nc(C)no1)c1ccccc1C. The van der Waals surface area contributed by atoms with Crippen molar-refractivity contribution in [1.29, 1.82) is 0 Å². The van der Waals surface area contributed by atoms with E-state index in [0.717, 1.165) is 13.1 Å². The Morgan fingerprint density at radius 2 is 1.96 bits per heavy atom. The number of amides is 2. The molecule has 2 aromatic rings. The minimum absolute atomic E-state index is 0.188. The third-order valence-corrected chi connectivity index (χ3v) is 3.70. The van der Waals surface area contributed by atoms with E-state index < -0.39 is 0 Å². The summed E-state index contributed by atoms with van der Waals surface area (Å²) in [4.78, 5) is 18.1. The number of nitrogens with one attached hydrogen (secondary N) is 2. The maximum absolute atomic E-state index is 11.8. The molecule has 0 atom stereocenters. The Morgan fingerprint density at radius 1 is 1.21 bits per heavy atom. The van der Waals surface area contributed by atoms with E-state index in [4.69, 9.17) is 4.52 Å². The molecule has 0 aliphatic heterocycles. The molecule has 1 aromatic carbocycles. The van der Waals surface area contributed by atoms with Gasteiger partial charge in [-0.3, -0.25) is 0 Å². The number of benzene rings is 1. The lowest BCUT2D eigenvalue weighted by Crippen LogP contribution is -2.41. The predicted octanol–water partition coefficient (Wildman–Crippen LogP) is 2.05. The predicted molar refractivity (Wildman–Crippen MR) is 93.2 cm³/mol. The minimum atomic E-state index is -0.188. The molecule has 0 bridgehead atoms. The molecule has 0 spiro atoms. The number of urea groups is 1. The van der Waals surface area contributed by atoms with E-state index in [1.807, 2.05) is 12.1 Å². The molecule has 0 radical (unpaired) electrons. The van der Waals surface area contributed by atoms with Gasteiger partial charge < -0.3 is 20.1 Å². The lowest BCUT2D eigenvalue weighted by Gasteiger charge is -2.25. The topological polar surface area (TPSA) is 83.3 Å². The van der Waals surface area contributed by atoms with Crippen LogP contribution in [0.25, 0.3) is 0 Å². The molecule has 0 unspecified atom stereocenters. The summed E-state index contributed by atoms with van der Waals surface area (Å²) >= 11 is 0. The van der Waals surface area contributed by atoms with Gasteiger partial charge in [-0.2, -0.15) is 4.98 Å². The first-order chi connectivity index (χ1) is 11.6. The highest BCUT2D eigenvalue weighted by Crippen LogP contribution is 2.18. The molecule has 2 amide bonds. The number of likely N-dealkylation sites (N-methyl/N-ethyl adjacent to an activating group) is 1. The van der Waals surface area contributed by atoms with Crippen LogP contribution in [0.2, 0.25) is 0 Å². The zero-order valence-electron chi connectivity index (χ0n) is 14.5. The van der Waals surface area contributed by atoms with Crippen LogP contribution in [0.15, 0.2) is 28.8 Å². The number of aromatic nitrogens is 2. The summed E-state index contributed by atoms with van der Waals surface area (Å²) in [7, 11) is 0. The molecule has 0 aliphatic rings. The van der Waals surface area contributed by atoms with Crippen LogP contribution in [0, 0.1) is 13.8 Å². The number of anilines is 1. The average molecular weight is 331 g/mol. The number of nitrogens with zero attached hydrogens (tertiary/aromatic N) is 3. The highest BCUT2D eigenvalue weighted by Gasteiger charge is 2.08. The molecule has 0 aliphatic carbocycles. The smallest absolute Gasteiger partial charge is 0.314 e. The molecule has 0 saturated heterocycles. The fraction of sp³-hybridized carbons (Fsp3) is 0.471. The molecular weight excluding hydrogens is 306 g/mol. The van der Waals surface area contributed by atoms with Gasteiger partial charge in [-0.15, -0.1) is 0 Å². The van der Waals surface area contributed by atoms with Crippen molar-refractivity contribution >= 4 is 11.7 Å². The number of hydrogen-bond acceptors (Lipinski definition) is 5. The van der Waals surface area contributed by atoms with Gasteiger partial charge >= 0.3 is 6.03 Å². The maximum Gasteiger partial charge on any atom is 0.314 e. The van der Waals surface area contributed by atoms with Gasteiger partial charge in [-0.25, -0.2) is 4.79 Å². The monoisotopic (exact) mass is 331 g/mol. The van der Waals surface area contributed by atoms with Crippen LogP contribution < -0.4 is 15.5 Å². The summed E-state index contributed by atoms with van der Waals surface area (Å²) in [6, 6.07) is 8.07. The molecule has 2 rings (SSSR count). The van der Waals surface area contributed by atoms with Gasteiger partial charge in [0, 0.05) is 38.3 Å². The Kier molecular flexibility index (Phi) is 6.60. The zero-order chi connectivity index (χ0) is 17.4. The number of rotatable bonds is 8. The summed E-state index contributed by atoms with van der Waals surface area (Å²) in [5, 5.41) is 9.37. The molecule has 1 heterocycles. The molecule has 2 N–H and O–H groups in total.